The van der Waals surface area contributed by atoms with Crippen LogP contribution in [-0.4, -0.2) is 33.3 Å². The van der Waals surface area contributed by atoms with Crippen LogP contribution in [0.5, 0.6) is 0 Å². The highest BCUT2D eigenvalue weighted by Crippen LogP contribution is 2.08. The normalized spacial score (nSPS) is 12.1. The first-order chi connectivity index (χ1) is 8.11. The summed E-state index contributed by atoms with van der Waals surface area (Å²) in [5.74, 6) is 0.0798. The number of aryl methyl sites for hydroxylation is 1. The zero-order chi connectivity index (χ0) is 12.7. The molecule has 0 aliphatic rings. The molecule has 94 valence electrons. The molecule has 4 nitrogen and oxygen atoms in total. The first-order valence-electron chi connectivity index (χ1n) is 5.44. The Hall–Kier alpha value is -1.20. The number of benzene rings is 1. The van der Waals surface area contributed by atoms with E-state index in [9.17, 15) is 9.00 Å². The summed E-state index contributed by atoms with van der Waals surface area (Å²) < 4.78 is 11.4. The van der Waals surface area contributed by atoms with Gasteiger partial charge in [-0.05, 0) is 25.5 Å². The molecular formula is C12H17NO3S. The van der Waals surface area contributed by atoms with Crippen molar-refractivity contribution in [1.82, 2.24) is 0 Å². The van der Waals surface area contributed by atoms with Crippen molar-refractivity contribution in [1.29, 1.82) is 0 Å². The van der Waals surface area contributed by atoms with Crippen LogP contribution in [0.3, 0.4) is 0 Å². The van der Waals surface area contributed by atoms with Crippen molar-refractivity contribution >= 4 is 22.4 Å². The molecule has 1 amide bonds. The third kappa shape index (κ3) is 5.60. The third-order valence-corrected chi connectivity index (χ3v) is 3.49. The molecule has 1 aromatic rings. The van der Waals surface area contributed by atoms with Gasteiger partial charge in [-0.1, -0.05) is 17.7 Å². The number of aliphatic hydroxyl groups is 1. The van der Waals surface area contributed by atoms with Gasteiger partial charge in [-0.3, -0.25) is 9.00 Å². The molecule has 0 radical (unpaired) electrons. The third-order valence-electron chi connectivity index (χ3n) is 2.16. The fourth-order valence-corrected chi connectivity index (χ4v) is 2.24. The highest BCUT2D eigenvalue weighted by molar-refractivity contribution is 7.85. The molecule has 5 heteroatoms. The molecule has 17 heavy (non-hydrogen) atoms. The maximum absolute atomic E-state index is 11.5. The molecule has 0 saturated heterocycles. The minimum absolute atomic E-state index is 0.00528. The summed E-state index contributed by atoms with van der Waals surface area (Å²) in [4.78, 5) is 11.5. The summed E-state index contributed by atoms with van der Waals surface area (Å²) in [6.45, 7) is 1.97. The summed E-state index contributed by atoms with van der Waals surface area (Å²) in [7, 11) is -1.20. The smallest absolute Gasteiger partial charge is 0.236 e. The van der Waals surface area contributed by atoms with E-state index in [1.165, 1.54) is 0 Å². The predicted molar refractivity (Wildman–Crippen MR) is 69.4 cm³/mol. The van der Waals surface area contributed by atoms with Gasteiger partial charge in [0.15, 0.2) is 0 Å². The first kappa shape index (κ1) is 13.9. The summed E-state index contributed by atoms with van der Waals surface area (Å²) in [6, 6.07) is 7.42. The highest BCUT2D eigenvalue weighted by atomic mass is 32.2. The van der Waals surface area contributed by atoms with Crippen LogP contribution in [0.4, 0.5) is 5.69 Å². The second-order valence-corrected chi connectivity index (χ2v) is 5.36. The summed E-state index contributed by atoms with van der Waals surface area (Å²) in [5.41, 5.74) is 1.83. The zero-order valence-electron chi connectivity index (χ0n) is 9.81. The fourth-order valence-electron chi connectivity index (χ4n) is 1.28. The lowest BCUT2D eigenvalue weighted by molar-refractivity contribution is -0.113. The Kier molecular flexibility index (Phi) is 5.86. The van der Waals surface area contributed by atoms with Gasteiger partial charge in [0.05, 0.1) is 0 Å². The van der Waals surface area contributed by atoms with Crippen LogP contribution in [0.15, 0.2) is 24.3 Å². The number of anilines is 1. The van der Waals surface area contributed by atoms with Crippen LogP contribution < -0.4 is 5.32 Å². The Morgan fingerprint density at radius 1 is 1.35 bits per heavy atom. The van der Waals surface area contributed by atoms with Crippen molar-refractivity contribution in [3.63, 3.8) is 0 Å². The van der Waals surface area contributed by atoms with Crippen LogP contribution in [0.25, 0.3) is 0 Å². The van der Waals surface area contributed by atoms with Crippen LogP contribution in [0.1, 0.15) is 12.0 Å². The van der Waals surface area contributed by atoms with E-state index >= 15 is 0 Å². The molecule has 0 aliphatic heterocycles. The van der Waals surface area contributed by atoms with E-state index in [2.05, 4.69) is 5.32 Å². The van der Waals surface area contributed by atoms with E-state index < -0.39 is 10.8 Å². The summed E-state index contributed by atoms with van der Waals surface area (Å²) in [5, 5.41) is 11.3. The molecule has 0 spiro atoms. The lowest BCUT2D eigenvalue weighted by Crippen LogP contribution is -2.21. The Labute approximate surface area is 104 Å². The Morgan fingerprint density at radius 2 is 2.00 bits per heavy atom. The van der Waals surface area contributed by atoms with Crippen molar-refractivity contribution in [3.05, 3.63) is 29.8 Å². The van der Waals surface area contributed by atoms with Crippen molar-refractivity contribution in [2.24, 2.45) is 0 Å². The monoisotopic (exact) mass is 255 g/mol. The van der Waals surface area contributed by atoms with Gasteiger partial charge in [-0.2, -0.15) is 0 Å². The molecule has 0 aliphatic carbocycles. The quantitative estimate of drug-likeness (QED) is 0.799. The average Bonchev–Trinajstić information content (AvgIpc) is 2.29. The summed E-state index contributed by atoms with van der Waals surface area (Å²) >= 11 is 0. The van der Waals surface area contributed by atoms with Gasteiger partial charge in [0.25, 0.3) is 0 Å². The molecule has 2 N–H and O–H groups in total. The SMILES string of the molecule is Cc1ccc(NC(=O)CS(=O)CCCO)cc1. The molecule has 1 atom stereocenters. The van der Waals surface area contributed by atoms with Crippen molar-refractivity contribution in [2.75, 3.05) is 23.4 Å². The molecule has 0 aromatic heterocycles. The van der Waals surface area contributed by atoms with E-state index in [1.54, 1.807) is 0 Å². The lowest BCUT2D eigenvalue weighted by Gasteiger charge is -2.05. The van der Waals surface area contributed by atoms with Crippen LogP contribution in [-0.2, 0) is 15.6 Å². The number of aliphatic hydroxyl groups excluding tert-OH is 1. The van der Waals surface area contributed by atoms with E-state index in [0.29, 0.717) is 17.9 Å². The molecule has 0 fully saturated rings. The van der Waals surface area contributed by atoms with E-state index in [0.717, 1.165) is 5.56 Å². The Morgan fingerprint density at radius 3 is 2.59 bits per heavy atom. The molecular weight excluding hydrogens is 238 g/mol. The second kappa shape index (κ2) is 7.19. The second-order valence-electron chi connectivity index (χ2n) is 3.78. The van der Waals surface area contributed by atoms with Gasteiger partial charge in [0.2, 0.25) is 5.91 Å². The van der Waals surface area contributed by atoms with Gasteiger partial charge >= 0.3 is 0 Å². The van der Waals surface area contributed by atoms with Gasteiger partial charge < -0.3 is 10.4 Å². The number of rotatable bonds is 6. The minimum Gasteiger partial charge on any atom is -0.396 e. The number of amides is 1. The maximum Gasteiger partial charge on any atom is 0.236 e. The van der Waals surface area contributed by atoms with Crippen molar-refractivity contribution in [2.45, 2.75) is 13.3 Å². The van der Waals surface area contributed by atoms with Crippen molar-refractivity contribution < 1.29 is 14.1 Å². The standard InChI is InChI=1S/C12H17NO3S/c1-10-3-5-11(6-4-10)13-12(15)9-17(16)8-2-7-14/h3-6,14H,2,7-9H2,1H3,(H,13,15). The Bertz CT molecular complexity index is 389. The zero-order valence-corrected chi connectivity index (χ0v) is 10.6. The molecule has 0 heterocycles. The van der Waals surface area contributed by atoms with Crippen LogP contribution in [0.2, 0.25) is 0 Å². The number of carbonyl (C=O) groups excluding carboxylic acids is 1. The van der Waals surface area contributed by atoms with E-state index in [4.69, 9.17) is 5.11 Å². The van der Waals surface area contributed by atoms with E-state index in [-0.39, 0.29) is 18.3 Å². The molecule has 1 unspecified atom stereocenters. The number of carbonyl (C=O) groups is 1. The maximum atomic E-state index is 11.5. The van der Waals surface area contributed by atoms with Gasteiger partial charge in [0, 0.05) is 28.8 Å². The topological polar surface area (TPSA) is 66.4 Å². The van der Waals surface area contributed by atoms with Gasteiger partial charge in [-0.15, -0.1) is 0 Å². The van der Waals surface area contributed by atoms with E-state index in [1.807, 2.05) is 31.2 Å². The molecule has 0 bridgehead atoms. The summed E-state index contributed by atoms with van der Waals surface area (Å²) in [6.07, 6.45) is 0.463. The number of hydrogen-bond donors (Lipinski definition) is 2. The minimum atomic E-state index is -1.20. The molecule has 1 rings (SSSR count). The fraction of sp³-hybridized carbons (Fsp3) is 0.417. The number of nitrogens with one attached hydrogen (secondary N) is 1. The average molecular weight is 255 g/mol. The molecule has 1 aromatic carbocycles. The van der Waals surface area contributed by atoms with Gasteiger partial charge in [0.1, 0.15) is 5.75 Å². The van der Waals surface area contributed by atoms with Crippen molar-refractivity contribution in [3.8, 4) is 0 Å². The first-order valence-corrected chi connectivity index (χ1v) is 6.93. The number of hydrogen-bond acceptors (Lipinski definition) is 3. The van der Waals surface area contributed by atoms with Crippen LogP contribution in [0, 0.1) is 6.92 Å². The van der Waals surface area contributed by atoms with Crippen LogP contribution >= 0.6 is 0 Å². The lowest BCUT2D eigenvalue weighted by atomic mass is 10.2. The predicted octanol–water partition coefficient (Wildman–Crippen LogP) is 1.06. The van der Waals surface area contributed by atoms with Gasteiger partial charge in [-0.25, -0.2) is 0 Å². The largest absolute Gasteiger partial charge is 0.396 e. The Balaban J connectivity index is 2.39. The highest BCUT2D eigenvalue weighted by Gasteiger charge is 2.07. The molecule has 0 saturated carbocycles.